The predicted octanol–water partition coefficient (Wildman–Crippen LogP) is 1.97. The van der Waals surface area contributed by atoms with Gasteiger partial charge >= 0.3 is 5.97 Å². The van der Waals surface area contributed by atoms with E-state index in [1.165, 1.54) is 6.07 Å². The van der Waals surface area contributed by atoms with Gasteiger partial charge in [0.1, 0.15) is 5.69 Å². The number of para-hydroxylation sites is 1. The van der Waals surface area contributed by atoms with Gasteiger partial charge < -0.3 is 14.6 Å². The predicted molar refractivity (Wildman–Crippen MR) is 80.9 cm³/mol. The molecule has 1 aromatic carbocycles. The number of carboxylic acid groups (broad SMARTS) is 1. The molecule has 0 unspecified atom stereocenters. The van der Waals surface area contributed by atoms with Gasteiger partial charge in [-0.05, 0) is 45.1 Å². The number of aromatic carboxylic acids is 1. The first-order chi connectivity index (χ1) is 10.1. The number of likely N-dealkylation sites (tertiary alicyclic amines) is 1. The van der Waals surface area contributed by atoms with E-state index in [0.29, 0.717) is 5.39 Å². The molecule has 0 spiro atoms. The summed E-state index contributed by atoms with van der Waals surface area (Å²) in [5.74, 6) is -1.04. The van der Waals surface area contributed by atoms with Crippen LogP contribution in [0.3, 0.4) is 0 Å². The van der Waals surface area contributed by atoms with E-state index in [-0.39, 0.29) is 17.2 Å². The number of fused-ring (bicyclic) bond motifs is 1. The van der Waals surface area contributed by atoms with Crippen LogP contribution in [0.5, 0.6) is 0 Å². The van der Waals surface area contributed by atoms with Gasteiger partial charge in [0.2, 0.25) is 0 Å². The Hall–Kier alpha value is -2.14. The number of pyridine rings is 1. The first-order valence-electron chi connectivity index (χ1n) is 7.14. The number of aromatic nitrogens is 1. The van der Waals surface area contributed by atoms with Crippen LogP contribution in [-0.2, 0) is 0 Å². The van der Waals surface area contributed by atoms with E-state index in [1.807, 2.05) is 22.8 Å². The van der Waals surface area contributed by atoms with Crippen molar-refractivity contribution in [3.8, 4) is 0 Å². The first kappa shape index (κ1) is 13.8. The molecule has 1 N–H and O–H groups in total. The fourth-order valence-corrected chi connectivity index (χ4v) is 3.10. The van der Waals surface area contributed by atoms with Gasteiger partial charge in [0.05, 0.1) is 5.52 Å². The molecule has 0 aliphatic carbocycles. The highest BCUT2D eigenvalue weighted by Gasteiger charge is 2.24. The van der Waals surface area contributed by atoms with Crippen LogP contribution >= 0.6 is 0 Å². The molecular formula is C16H18N2O3. The molecule has 5 nitrogen and oxygen atoms in total. The molecule has 3 rings (SSSR count). The lowest BCUT2D eigenvalue weighted by atomic mass is 10.0. The van der Waals surface area contributed by atoms with Crippen molar-refractivity contribution in [3.05, 3.63) is 46.2 Å². The molecule has 0 saturated carbocycles. The second-order valence-electron chi connectivity index (χ2n) is 5.62. The van der Waals surface area contributed by atoms with Gasteiger partial charge in [-0.25, -0.2) is 4.79 Å². The highest BCUT2D eigenvalue weighted by molar-refractivity contribution is 5.90. The van der Waals surface area contributed by atoms with Crippen molar-refractivity contribution < 1.29 is 9.90 Å². The minimum absolute atomic E-state index is 0.0910. The van der Waals surface area contributed by atoms with E-state index in [4.69, 9.17) is 0 Å². The van der Waals surface area contributed by atoms with Crippen LogP contribution in [0, 0.1) is 0 Å². The first-order valence-corrected chi connectivity index (χ1v) is 7.14. The minimum atomic E-state index is -1.04. The smallest absolute Gasteiger partial charge is 0.352 e. The van der Waals surface area contributed by atoms with Crippen LogP contribution < -0.4 is 5.43 Å². The Morgan fingerprint density at radius 2 is 1.90 bits per heavy atom. The lowest BCUT2D eigenvalue weighted by Crippen LogP contribution is -2.33. The quantitative estimate of drug-likeness (QED) is 0.916. The summed E-state index contributed by atoms with van der Waals surface area (Å²) < 4.78 is 1.84. The molecule has 0 radical (unpaired) electrons. The van der Waals surface area contributed by atoms with Crippen molar-refractivity contribution >= 4 is 16.9 Å². The standard InChI is InChI=1S/C16H18N2O3/c1-17-8-6-11(7-9-17)18-13-5-3-2-4-12(13)15(19)10-14(18)16(20)21/h2-5,10-11H,6-9H2,1H3,(H,20,21). The lowest BCUT2D eigenvalue weighted by Gasteiger charge is -2.32. The molecule has 1 aromatic heterocycles. The fraction of sp³-hybridized carbons (Fsp3) is 0.375. The van der Waals surface area contributed by atoms with Crippen LogP contribution in [0.4, 0.5) is 0 Å². The summed E-state index contributed by atoms with van der Waals surface area (Å²) >= 11 is 0. The second kappa shape index (κ2) is 5.33. The van der Waals surface area contributed by atoms with Crippen LogP contribution in [0.2, 0.25) is 0 Å². The Labute approximate surface area is 122 Å². The number of hydrogen-bond donors (Lipinski definition) is 1. The number of carbonyl (C=O) groups is 1. The molecular weight excluding hydrogens is 268 g/mol. The van der Waals surface area contributed by atoms with Crippen molar-refractivity contribution in [2.75, 3.05) is 20.1 Å². The van der Waals surface area contributed by atoms with Crippen molar-refractivity contribution in [3.63, 3.8) is 0 Å². The zero-order valence-electron chi connectivity index (χ0n) is 12.0. The normalized spacial score (nSPS) is 17.2. The van der Waals surface area contributed by atoms with E-state index in [1.54, 1.807) is 6.07 Å². The minimum Gasteiger partial charge on any atom is -0.477 e. The molecule has 5 heteroatoms. The van der Waals surface area contributed by atoms with Crippen LogP contribution in [-0.4, -0.2) is 40.7 Å². The molecule has 0 atom stereocenters. The number of hydrogen-bond acceptors (Lipinski definition) is 3. The largest absolute Gasteiger partial charge is 0.477 e. The number of piperidine rings is 1. The third-order valence-electron chi connectivity index (χ3n) is 4.23. The van der Waals surface area contributed by atoms with Gasteiger partial charge in [-0.2, -0.15) is 0 Å². The van der Waals surface area contributed by atoms with Gasteiger partial charge in [0, 0.05) is 17.5 Å². The fourth-order valence-electron chi connectivity index (χ4n) is 3.10. The molecule has 110 valence electrons. The van der Waals surface area contributed by atoms with Crippen molar-refractivity contribution in [1.29, 1.82) is 0 Å². The summed E-state index contributed by atoms with van der Waals surface area (Å²) in [4.78, 5) is 25.9. The van der Waals surface area contributed by atoms with Crippen molar-refractivity contribution in [2.45, 2.75) is 18.9 Å². The summed E-state index contributed by atoms with van der Waals surface area (Å²) in [6, 6.07) is 8.62. The molecule has 1 aliphatic rings. The van der Waals surface area contributed by atoms with E-state index >= 15 is 0 Å². The van der Waals surface area contributed by atoms with E-state index in [9.17, 15) is 14.7 Å². The Kier molecular flexibility index (Phi) is 3.51. The maximum atomic E-state index is 12.1. The average Bonchev–Trinajstić information content (AvgIpc) is 2.48. The van der Waals surface area contributed by atoms with Crippen LogP contribution in [0.25, 0.3) is 10.9 Å². The molecule has 1 aliphatic heterocycles. The lowest BCUT2D eigenvalue weighted by molar-refractivity contribution is 0.0679. The van der Waals surface area contributed by atoms with E-state index in [0.717, 1.165) is 31.4 Å². The van der Waals surface area contributed by atoms with Crippen molar-refractivity contribution in [2.24, 2.45) is 0 Å². The van der Waals surface area contributed by atoms with Gasteiger partial charge in [-0.1, -0.05) is 12.1 Å². The zero-order valence-corrected chi connectivity index (χ0v) is 12.0. The Bertz CT molecular complexity index is 743. The summed E-state index contributed by atoms with van der Waals surface area (Å²) in [5.41, 5.74) is 0.581. The maximum absolute atomic E-state index is 12.1. The number of carboxylic acids is 1. The molecule has 0 bridgehead atoms. The summed E-state index contributed by atoms with van der Waals surface area (Å²) in [7, 11) is 2.07. The zero-order chi connectivity index (χ0) is 15.0. The monoisotopic (exact) mass is 286 g/mol. The van der Waals surface area contributed by atoms with E-state index in [2.05, 4.69) is 11.9 Å². The third kappa shape index (κ3) is 2.45. The summed E-state index contributed by atoms with van der Waals surface area (Å²) in [6.45, 7) is 1.87. The molecule has 2 aromatic rings. The molecule has 21 heavy (non-hydrogen) atoms. The van der Waals surface area contributed by atoms with Gasteiger partial charge in [-0.15, -0.1) is 0 Å². The Morgan fingerprint density at radius 1 is 1.24 bits per heavy atom. The third-order valence-corrected chi connectivity index (χ3v) is 4.23. The van der Waals surface area contributed by atoms with E-state index < -0.39 is 5.97 Å². The van der Waals surface area contributed by atoms with Crippen LogP contribution in [0.1, 0.15) is 29.4 Å². The maximum Gasteiger partial charge on any atom is 0.352 e. The summed E-state index contributed by atoms with van der Waals surface area (Å²) in [5, 5.41) is 10.0. The number of rotatable bonds is 2. The van der Waals surface area contributed by atoms with Crippen LogP contribution in [0.15, 0.2) is 35.1 Å². The molecule has 0 amide bonds. The molecule has 1 saturated heterocycles. The SMILES string of the molecule is CN1CCC(n2c(C(=O)O)cc(=O)c3ccccc32)CC1. The van der Waals surface area contributed by atoms with Gasteiger partial charge in [0.15, 0.2) is 5.43 Å². The highest BCUT2D eigenvalue weighted by Crippen LogP contribution is 2.27. The topological polar surface area (TPSA) is 62.5 Å². The number of nitrogens with zero attached hydrogens (tertiary/aromatic N) is 2. The second-order valence-corrected chi connectivity index (χ2v) is 5.62. The molecule has 2 heterocycles. The number of benzene rings is 1. The van der Waals surface area contributed by atoms with Crippen molar-refractivity contribution in [1.82, 2.24) is 9.47 Å². The average molecular weight is 286 g/mol. The Balaban J connectivity index is 2.23. The highest BCUT2D eigenvalue weighted by atomic mass is 16.4. The summed E-state index contributed by atoms with van der Waals surface area (Å²) in [6.07, 6.45) is 1.79. The Morgan fingerprint density at radius 3 is 2.57 bits per heavy atom. The van der Waals surface area contributed by atoms with Gasteiger partial charge in [-0.3, -0.25) is 4.79 Å². The molecule has 1 fully saturated rings. The van der Waals surface area contributed by atoms with Gasteiger partial charge in [0.25, 0.3) is 0 Å².